The van der Waals surface area contributed by atoms with Crippen LogP contribution in [0.3, 0.4) is 0 Å². The Morgan fingerprint density at radius 2 is 1.87 bits per heavy atom. The number of rotatable bonds is 8. The molecule has 0 aliphatic carbocycles. The van der Waals surface area contributed by atoms with E-state index < -0.39 is 0 Å². The molecule has 1 heterocycles. The van der Waals surface area contributed by atoms with Gasteiger partial charge in [-0.1, -0.05) is 24.3 Å². The van der Waals surface area contributed by atoms with Gasteiger partial charge in [0.1, 0.15) is 5.82 Å². The summed E-state index contributed by atoms with van der Waals surface area (Å²) < 4.78 is 18.1. The van der Waals surface area contributed by atoms with Gasteiger partial charge < -0.3 is 20.4 Å². The zero-order chi connectivity index (χ0) is 21.2. The third-order valence-corrected chi connectivity index (χ3v) is 4.31. The summed E-state index contributed by atoms with van der Waals surface area (Å²) in [5.74, 6) is 0.434. The maximum atomic E-state index is 13.0. The second kappa shape index (κ2) is 10.8. The molecule has 3 N–H and O–H groups in total. The maximum absolute atomic E-state index is 13.0. The maximum Gasteiger partial charge on any atom is 0.291 e. The van der Waals surface area contributed by atoms with Crippen molar-refractivity contribution in [2.45, 2.75) is 19.9 Å². The Bertz CT molecular complexity index is 969. The van der Waals surface area contributed by atoms with Crippen LogP contribution >= 0.6 is 0 Å². The van der Waals surface area contributed by atoms with Gasteiger partial charge in [-0.2, -0.15) is 0 Å². The van der Waals surface area contributed by atoms with Crippen LogP contribution in [0.15, 0.2) is 76.3 Å². The molecule has 7 heteroatoms. The van der Waals surface area contributed by atoms with E-state index in [1.807, 2.05) is 31.2 Å². The number of amides is 1. The normalized spacial score (nSPS) is 11.2. The lowest BCUT2D eigenvalue weighted by Gasteiger charge is -2.12. The van der Waals surface area contributed by atoms with E-state index in [0.717, 1.165) is 24.1 Å². The highest BCUT2D eigenvalue weighted by molar-refractivity contribution is 6.02. The first kappa shape index (κ1) is 21.1. The van der Waals surface area contributed by atoms with Crippen molar-refractivity contribution in [3.63, 3.8) is 0 Å². The minimum atomic E-state index is -0.295. The molecule has 1 amide bonds. The zero-order valence-electron chi connectivity index (χ0n) is 16.8. The number of nitrogens with one attached hydrogen (secondary N) is 3. The molecule has 6 nitrogen and oxygen atoms in total. The molecule has 30 heavy (non-hydrogen) atoms. The average Bonchev–Trinajstić information content (AvgIpc) is 3.29. The van der Waals surface area contributed by atoms with E-state index in [2.05, 4.69) is 20.9 Å². The molecule has 1 aromatic heterocycles. The summed E-state index contributed by atoms with van der Waals surface area (Å²) in [6.07, 6.45) is 2.23. The quantitative estimate of drug-likeness (QED) is 0.389. The Balaban J connectivity index is 1.55. The van der Waals surface area contributed by atoms with Crippen molar-refractivity contribution in [3.8, 4) is 0 Å². The fourth-order valence-electron chi connectivity index (χ4n) is 2.84. The van der Waals surface area contributed by atoms with Crippen LogP contribution in [-0.4, -0.2) is 25.0 Å². The van der Waals surface area contributed by atoms with E-state index >= 15 is 0 Å². The molecule has 0 aliphatic heterocycles. The highest BCUT2D eigenvalue weighted by atomic mass is 19.1. The van der Waals surface area contributed by atoms with E-state index in [1.54, 1.807) is 24.3 Å². The van der Waals surface area contributed by atoms with Crippen molar-refractivity contribution in [1.82, 2.24) is 10.6 Å². The van der Waals surface area contributed by atoms with E-state index in [1.165, 1.54) is 18.4 Å². The Hall–Kier alpha value is -3.61. The van der Waals surface area contributed by atoms with Gasteiger partial charge in [0.2, 0.25) is 0 Å². The Labute approximate surface area is 175 Å². The summed E-state index contributed by atoms with van der Waals surface area (Å²) in [6, 6.07) is 17.3. The second-order valence-electron chi connectivity index (χ2n) is 6.63. The minimum Gasteiger partial charge on any atom is -0.459 e. The molecule has 0 spiro atoms. The van der Waals surface area contributed by atoms with Crippen molar-refractivity contribution in [2.24, 2.45) is 4.99 Å². The largest absolute Gasteiger partial charge is 0.459 e. The van der Waals surface area contributed by atoms with E-state index in [4.69, 9.17) is 4.42 Å². The van der Waals surface area contributed by atoms with Crippen molar-refractivity contribution in [1.29, 1.82) is 0 Å². The lowest BCUT2D eigenvalue weighted by Crippen LogP contribution is -2.38. The molecule has 0 unspecified atom stereocenters. The lowest BCUT2D eigenvalue weighted by atomic mass is 10.1. The molecule has 3 aromatic rings. The van der Waals surface area contributed by atoms with Gasteiger partial charge in [0.25, 0.3) is 5.91 Å². The number of furan rings is 1. The minimum absolute atomic E-state index is 0.232. The third-order valence-electron chi connectivity index (χ3n) is 4.31. The van der Waals surface area contributed by atoms with E-state index in [0.29, 0.717) is 24.7 Å². The molecule has 0 saturated carbocycles. The summed E-state index contributed by atoms with van der Waals surface area (Å²) in [4.78, 5) is 16.7. The van der Waals surface area contributed by atoms with Crippen LogP contribution in [-0.2, 0) is 13.0 Å². The van der Waals surface area contributed by atoms with Crippen LogP contribution in [0.2, 0.25) is 0 Å². The Kier molecular flexibility index (Phi) is 7.60. The number of anilines is 1. The molecule has 2 aromatic carbocycles. The van der Waals surface area contributed by atoms with Gasteiger partial charge in [-0.25, -0.2) is 9.38 Å². The fraction of sp³-hybridized carbons (Fsp3) is 0.217. The highest BCUT2D eigenvalue weighted by Gasteiger charge is 2.08. The topological polar surface area (TPSA) is 78.7 Å². The van der Waals surface area contributed by atoms with E-state index in [-0.39, 0.29) is 17.5 Å². The number of hydrogen-bond donors (Lipinski definition) is 3. The highest BCUT2D eigenvalue weighted by Crippen LogP contribution is 2.13. The second-order valence-corrected chi connectivity index (χ2v) is 6.63. The summed E-state index contributed by atoms with van der Waals surface area (Å²) in [5.41, 5.74) is 2.70. The number of guanidine groups is 1. The Morgan fingerprint density at radius 1 is 1.03 bits per heavy atom. The summed E-state index contributed by atoms with van der Waals surface area (Å²) in [6.45, 7) is 3.87. The standard InChI is InChI=1S/C23H25FN4O2/c1-2-25-23(26-13-12-17-8-10-19(24)11-9-17)27-16-18-5-3-6-20(15-18)28-22(29)21-7-4-14-30-21/h3-11,14-15H,2,12-13,16H2,1H3,(H,28,29)(H2,25,26,27). The molecular formula is C23H25FN4O2. The average molecular weight is 408 g/mol. The number of hydrogen-bond acceptors (Lipinski definition) is 3. The van der Waals surface area contributed by atoms with Crippen molar-refractivity contribution in [3.05, 3.63) is 89.6 Å². The van der Waals surface area contributed by atoms with Crippen LogP contribution in [0.1, 0.15) is 28.6 Å². The first-order valence-corrected chi connectivity index (χ1v) is 9.84. The van der Waals surface area contributed by atoms with Crippen molar-refractivity contribution >= 4 is 17.6 Å². The monoisotopic (exact) mass is 408 g/mol. The van der Waals surface area contributed by atoms with Gasteiger partial charge in [-0.3, -0.25) is 4.79 Å². The van der Waals surface area contributed by atoms with Crippen LogP contribution in [0.4, 0.5) is 10.1 Å². The van der Waals surface area contributed by atoms with Gasteiger partial charge >= 0.3 is 0 Å². The fourth-order valence-corrected chi connectivity index (χ4v) is 2.84. The number of nitrogens with zero attached hydrogens (tertiary/aromatic N) is 1. The summed E-state index contributed by atoms with van der Waals surface area (Å²) in [5, 5.41) is 9.31. The van der Waals surface area contributed by atoms with E-state index in [9.17, 15) is 9.18 Å². The lowest BCUT2D eigenvalue weighted by molar-refractivity contribution is 0.0996. The third kappa shape index (κ3) is 6.48. The van der Waals surface area contributed by atoms with Crippen LogP contribution in [0, 0.1) is 5.82 Å². The molecule has 156 valence electrons. The zero-order valence-corrected chi connectivity index (χ0v) is 16.8. The molecule has 3 rings (SSSR count). The first-order valence-electron chi connectivity index (χ1n) is 9.84. The van der Waals surface area contributed by atoms with Crippen molar-refractivity contribution < 1.29 is 13.6 Å². The predicted octanol–water partition coefficient (Wildman–Crippen LogP) is 3.97. The molecule has 0 atom stereocenters. The number of benzene rings is 2. The first-order chi connectivity index (χ1) is 14.6. The SMILES string of the molecule is CCNC(=NCc1cccc(NC(=O)c2ccco2)c1)NCCc1ccc(F)cc1. The number of aliphatic imine (C=N–C) groups is 1. The number of carbonyl (C=O) groups excluding carboxylic acids is 1. The molecule has 0 aliphatic rings. The van der Waals surface area contributed by atoms with Gasteiger partial charge in [-0.05, 0) is 60.9 Å². The van der Waals surface area contributed by atoms with Gasteiger partial charge in [0, 0.05) is 18.8 Å². The van der Waals surface area contributed by atoms with Gasteiger partial charge in [0.15, 0.2) is 11.7 Å². The van der Waals surface area contributed by atoms with Gasteiger partial charge in [0.05, 0.1) is 12.8 Å². The number of halogens is 1. The summed E-state index contributed by atoms with van der Waals surface area (Å²) >= 11 is 0. The summed E-state index contributed by atoms with van der Waals surface area (Å²) in [7, 11) is 0. The predicted molar refractivity (Wildman–Crippen MR) is 116 cm³/mol. The smallest absolute Gasteiger partial charge is 0.291 e. The molecular weight excluding hydrogens is 383 g/mol. The van der Waals surface area contributed by atoms with Crippen LogP contribution in [0.5, 0.6) is 0 Å². The molecule has 0 radical (unpaired) electrons. The van der Waals surface area contributed by atoms with Crippen LogP contribution in [0.25, 0.3) is 0 Å². The molecule has 0 saturated heterocycles. The molecule has 0 fully saturated rings. The Morgan fingerprint density at radius 3 is 2.60 bits per heavy atom. The van der Waals surface area contributed by atoms with Gasteiger partial charge in [-0.15, -0.1) is 0 Å². The molecule has 0 bridgehead atoms. The van der Waals surface area contributed by atoms with Crippen LogP contribution < -0.4 is 16.0 Å². The van der Waals surface area contributed by atoms with Crippen molar-refractivity contribution in [2.75, 3.05) is 18.4 Å². The number of carbonyl (C=O) groups is 1.